The molecule has 1 fully saturated rings. The van der Waals surface area contributed by atoms with Crippen LogP contribution in [-0.2, 0) is 4.74 Å². The maximum absolute atomic E-state index is 5.99. The van der Waals surface area contributed by atoms with Crippen molar-refractivity contribution in [2.75, 3.05) is 0 Å². The van der Waals surface area contributed by atoms with Gasteiger partial charge >= 0.3 is 0 Å². The highest BCUT2D eigenvalue weighted by Crippen LogP contribution is 2.51. The van der Waals surface area contributed by atoms with Crippen LogP contribution < -0.4 is 0 Å². The van der Waals surface area contributed by atoms with Crippen molar-refractivity contribution in [1.82, 2.24) is 0 Å². The molecule has 1 nitrogen and oxygen atoms in total. The van der Waals surface area contributed by atoms with Crippen molar-refractivity contribution in [3.63, 3.8) is 0 Å². The van der Waals surface area contributed by atoms with Crippen LogP contribution in [0.25, 0.3) is 0 Å². The number of hydrogen-bond acceptors (Lipinski definition) is 1. The third-order valence-electron chi connectivity index (χ3n) is 1.96. The SMILES string of the molecule is ClC(Cl)=C1C2C=CC(O2)C1(Cl)Cl. The Labute approximate surface area is 89.9 Å². The van der Waals surface area contributed by atoms with Gasteiger partial charge in [-0.05, 0) is 0 Å². The molecule has 0 amide bonds. The van der Waals surface area contributed by atoms with Crippen LogP contribution in [0.3, 0.4) is 0 Å². The van der Waals surface area contributed by atoms with Crippen LogP contribution in [0, 0.1) is 0 Å². The fraction of sp³-hybridized carbons (Fsp3) is 0.429. The summed E-state index contributed by atoms with van der Waals surface area (Å²) in [5, 5.41) is 0. The Balaban J connectivity index is 2.50. The lowest BCUT2D eigenvalue weighted by Crippen LogP contribution is -2.27. The first-order valence-corrected chi connectivity index (χ1v) is 4.82. The zero-order chi connectivity index (χ0) is 8.93. The molecule has 66 valence electrons. The number of ether oxygens (including phenoxy) is 1. The second-order valence-corrected chi connectivity index (χ2v) is 4.99. The summed E-state index contributed by atoms with van der Waals surface area (Å²) < 4.78 is 4.36. The van der Waals surface area contributed by atoms with Gasteiger partial charge in [0.25, 0.3) is 0 Å². The van der Waals surface area contributed by atoms with Crippen molar-refractivity contribution < 1.29 is 4.74 Å². The summed E-state index contributed by atoms with van der Waals surface area (Å²) in [5.74, 6) is 0. The molecule has 2 rings (SSSR count). The van der Waals surface area contributed by atoms with Crippen LogP contribution in [0.4, 0.5) is 0 Å². The highest BCUT2D eigenvalue weighted by molar-refractivity contribution is 6.59. The van der Waals surface area contributed by atoms with E-state index in [2.05, 4.69) is 0 Å². The molecule has 0 aromatic carbocycles. The number of alkyl halides is 2. The molecule has 0 saturated carbocycles. The molecule has 0 aliphatic carbocycles. The van der Waals surface area contributed by atoms with Gasteiger partial charge < -0.3 is 4.74 Å². The minimum absolute atomic E-state index is 0.0943. The van der Waals surface area contributed by atoms with Crippen molar-refractivity contribution in [1.29, 1.82) is 0 Å². The number of fused-ring (bicyclic) bond motifs is 2. The molecule has 0 aromatic heterocycles. The summed E-state index contributed by atoms with van der Waals surface area (Å²) in [7, 11) is 0. The maximum Gasteiger partial charge on any atom is 0.174 e. The van der Waals surface area contributed by atoms with Gasteiger partial charge in [0.15, 0.2) is 4.33 Å². The minimum Gasteiger partial charge on any atom is -0.359 e. The molecule has 2 heterocycles. The van der Waals surface area contributed by atoms with E-state index in [9.17, 15) is 0 Å². The standard InChI is InChI=1S/C7H4Cl4O/c8-6(9)5-3-1-2-4(12-3)7(5,10)11/h1-4H. The van der Waals surface area contributed by atoms with Crippen molar-refractivity contribution >= 4 is 46.4 Å². The van der Waals surface area contributed by atoms with Gasteiger partial charge in [0.05, 0.1) is 0 Å². The van der Waals surface area contributed by atoms with E-state index in [1.165, 1.54) is 0 Å². The average Bonchev–Trinajstić information content (AvgIpc) is 2.41. The number of hydrogen-bond donors (Lipinski definition) is 0. The Morgan fingerprint density at radius 3 is 2.33 bits per heavy atom. The normalized spacial score (nSPS) is 36.2. The van der Waals surface area contributed by atoms with E-state index >= 15 is 0 Å². The Kier molecular flexibility index (Phi) is 2.13. The van der Waals surface area contributed by atoms with Gasteiger partial charge in [-0.3, -0.25) is 0 Å². The lowest BCUT2D eigenvalue weighted by atomic mass is 10.0. The van der Waals surface area contributed by atoms with Crippen molar-refractivity contribution in [3.8, 4) is 0 Å². The van der Waals surface area contributed by atoms with Crippen molar-refractivity contribution in [2.24, 2.45) is 0 Å². The smallest absolute Gasteiger partial charge is 0.174 e. The van der Waals surface area contributed by atoms with E-state index in [0.717, 1.165) is 0 Å². The summed E-state index contributed by atoms with van der Waals surface area (Å²) in [6.45, 7) is 0. The van der Waals surface area contributed by atoms with Gasteiger partial charge in [-0.25, -0.2) is 0 Å². The van der Waals surface area contributed by atoms with Crippen LogP contribution in [0.2, 0.25) is 0 Å². The molecule has 2 aliphatic heterocycles. The molecule has 5 heteroatoms. The van der Waals surface area contributed by atoms with E-state index in [1.807, 2.05) is 12.2 Å². The van der Waals surface area contributed by atoms with Gasteiger partial charge in [0, 0.05) is 5.57 Å². The van der Waals surface area contributed by atoms with Gasteiger partial charge in [-0.15, -0.1) is 0 Å². The second kappa shape index (κ2) is 2.79. The summed E-state index contributed by atoms with van der Waals surface area (Å²) in [6, 6.07) is 0. The average molecular weight is 246 g/mol. The van der Waals surface area contributed by atoms with Crippen LogP contribution >= 0.6 is 46.4 Å². The highest BCUT2D eigenvalue weighted by Gasteiger charge is 2.53. The molecule has 0 N–H and O–H groups in total. The summed E-state index contributed by atoms with van der Waals surface area (Å²) in [4.78, 5) is 0. The first-order chi connectivity index (χ1) is 5.53. The van der Waals surface area contributed by atoms with E-state index in [-0.39, 0.29) is 16.7 Å². The molecule has 2 atom stereocenters. The van der Waals surface area contributed by atoms with Gasteiger partial charge in [-0.2, -0.15) is 0 Å². The molecule has 0 spiro atoms. The minimum atomic E-state index is -1.10. The third kappa shape index (κ3) is 1.11. The van der Waals surface area contributed by atoms with E-state index in [1.54, 1.807) is 0 Å². The van der Waals surface area contributed by atoms with Gasteiger partial charge in [0.1, 0.15) is 16.7 Å². The zero-order valence-electron chi connectivity index (χ0n) is 5.73. The van der Waals surface area contributed by atoms with E-state index in [0.29, 0.717) is 5.57 Å². The lowest BCUT2D eigenvalue weighted by molar-refractivity contribution is 0.125. The summed E-state index contributed by atoms with van der Waals surface area (Å²) >= 11 is 23.2. The third-order valence-corrected chi connectivity index (χ3v) is 3.20. The lowest BCUT2D eigenvalue weighted by Gasteiger charge is -2.20. The molecule has 12 heavy (non-hydrogen) atoms. The maximum atomic E-state index is 5.99. The quantitative estimate of drug-likeness (QED) is 0.471. The fourth-order valence-corrected chi connectivity index (χ4v) is 2.76. The Morgan fingerprint density at radius 1 is 1.33 bits per heavy atom. The van der Waals surface area contributed by atoms with Crippen molar-refractivity contribution in [3.05, 3.63) is 22.2 Å². The highest BCUT2D eigenvalue weighted by atomic mass is 35.5. The van der Waals surface area contributed by atoms with Crippen LogP contribution in [0.15, 0.2) is 22.2 Å². The largest absolute Gasteiger partial charge is 0.359 e. The molecular weight excluding hydrogens is 242 g/mol. The van der Waals surface area contributed by atoms with Crippen LogP contribution in [0.1, 0.15) is 0 Å². The Hall–Kier alpha value is 0.600. The Bertz CT molecular complexity index is 277. The first kappa shape index (κ1) is 9.17. The summed E-state index contributed by atoms with van der Waals surface area (Å²) in [6.07, 6.45) is 3.07. The topological polar surface area (TPSA) is 9.23 Å². The van der Waals surface area contributed by atoms with Crippen LogP contribution in [0.5, 0.6) is 0 Å². The van der Waals surface area contributed by atoms with Crippen molar-refractivity contribution in [2.45, 2.75) is 16.5 Å². The predicted octanol–water partition coefficient (Wildman–Crippen LogP) is 3.19. The molecule has 2 unspecified atom stereocenters. The van der Waals surface area contributed by atoms with E-state index in [4.69, 9.17) is 51.1 Å². The monoisotopic (exact) mass is 244 g/mol. The molecule has 0 radical (unpaired) electrons. The van der Waals surface area contributed by atoms with E-state index < -0.39 is 4.33 Å². The second-order valence-electron chi connectivity index (χ2n) is 2.66. The molecule has 2 aliphatic rings. The van der Waals surface area contributed by atoms with Crippen LogP contribution in [-0.4, -0.2) is 16.5 Å². The molecule has 1 saturated heterocycles. The predicted molar refractivity (Wildman–Crippen MR) is 51.0 cm³/mol. The summed E-state index contributed by atoms with van der Waals surface area (Å²) in [5.41, 5.74) is 0.543. The molecule has 0 aromatic rings. The zero-order valence-corrected chi connectivity index (χ0v) is 8.75. The van der Waals surface area contributed by atoms with Gasteiger partial charge in [0.2, 0.25) is 0 Å². The van der Waals surface area contributed by atoms with Gasteiger partial charge in [-0.1, -0.05) is 58.6 Å². The number of rotatable bonds is 0. The number of halogens is 4. The molecule has 2 bridgehead atoms. The molecular formula is C7H4Cl4O. The fourth-order valence-electron chi connectivity index (χ4n) is 1.40. The first-order valence-electron chi connectivity index (χ1n) is 3.30. The Morgan fingerprint density at radius 2 is 2.00 bits per heavy atom.